The molecule has 3 rings (SSSR count). The van der Waals surface area contributed by atoms with Gasteiger partial charge in [0.25, 0.3) is 5.90 Å². The van der Waals surface area contributed by atoms with Crippen molar-refractivity contribution in [2.24, 2.45) is 4.99 Å². The van der Waals surface area contributed by atoms with Crippen LogP contribution in [-0.4, -0.2) is 11.9 Å². The molecule has 1 aromatic heterocycles. The van der Waals surface area contributed by atoms with Gasteiger partial charge in [-0.1, -0.05) is 12.1 Å². The number of carbonyl (C=O) groups is 1. The van der Waals surface area contributed by atoms with E-state index in [0.717, 1.165) is 0 Å². The summed E-state index contributed by atoms with van der Waals surface area (Å²) in [6.45, 7) is 0. The van der Waals surface area contributed by atoms with Crippen LogP contribution >= 0.6 is 15.9 Å². The Bertz CT molecular complexity index is 731. The molecule has 0 fully saturated rings. The maximum absolute atomic E-state index is 12.8. The van der Waals surface area contributed by atoms with E-state index in [2.05, 4.69) is 20.9 Å². The molecule has 0 saturated heterocycles. The van der Waals surface area contributed by atoms with E-state index in [4.69, 9.17) is 9.15 Å². The molecule has 2 heterocycles. The van der Waals surface area contributed by atoms with Crippen LogP contribution in [0.1, 0.15) is 11.3 Å². The molecule has 1 aliphatic heterocycles. The lowest BCUT2D eigenvalue weighted by atomic mass is 10.2. The number of cyclic esters (lactones) is 1. The van der Waals surface area contributed by atoms with Gasteiger partial charge in [0, 0.05) is 0 Å². The zero-order valence-corrected chi connectivity index (χ0v) is 11.6. The molecule has 20 heavy (non-hydrogen) atoms. The molecular formula is C14H7BrFNO3. The largest absolute Gasteiger partial charge is 0.444 e. The average Bonchev–Trinajstić information content (AvgIpc) is 3.00. The molecule has 0 saturated carbocycles. The molecule has 100 valence electrons. The van der Waals surface area contributed by atoms with Crippen LogP contribution in [0, 0.1) is 5.82 Å². The lowest BCUT2D eigenvalue weighted by Crippen LogP contribution is -2.04. The van der Waals surface area contributed by atoms with Gasteiger partial charge in [-0.15, -0.1) is 0 Å². The van der Waals surface area contributed by atoms with Crippen molar-refractivity contribution in [1.29, 1.82) is 0 Å². The molecule has 0 spiro atoms. The highest BCUT2D eigenvalue weighted by Crippen LogP contribution is 2.22. The summed E-state index contributed by atoms with van der Waals surface area (Å²) in [6, 6.07) is 9.02. The van der Waals surface area contributed by atoms with Crippen molar-refractivity contribution in [2.75, 3.05) is 0 Å². The maximum Gasteiger partial charge on any atom is 0.363 e. The Balaban J connectivity index is 1.92. The number of furan rings is 1. The van der Waals surface area contributed by atoms with E-state index in [1.54, 1.807) is 24.3 Å². The van der Waals surface area contributed by atoms with Crippen LogP contribution in [0.15, 0.2) is 56.2 Å². The van der Waals surface area contributed by atoms with Crippen molar-refractivity contribution >= 4 is 33.9 Å². The van der Waals surface area contributed by atoms with E-state index in [9.17, 15) is 9.18 Å². The third-order valence-electron chi connectivity index (χ3n) is 2.58. The second-order valence-electron chi connectivity index (χ2n) is 3.99. The Morgan fingerprint density at radius 2 is 1.90 bits per heavy atom. The predicted octanol–water partition coefficient (Wildman–Crippen LogP) is 3.53. The van der Waals surface area contributed by atoms with E-state index >= 15 is 0 Å². The van der Waals surface area contributed by atoms with Crippen molar-refractivity contribution < 1.29 is 18.3 Å². The first-order chi connectivity index (χ1) is 9.61. The fraction of sp³-hybridized carbons (Fsp3) is 0. The number of hydrogen-bond acceptors (Lipinski definition) is 4. The smallest absolute Gasteiger partial charge is 0.363 e. The van der Waals surface area contributed by atoms with E-state index < -0.39 is 5.97 Å². The van der Waals surface area contributed by atoms with E-state index in [0.29, 0.717) is 16.0 Å². The molecule has 2 aromatic rings. The van der Waals surface area contributed by atoms with Gasteiger partial charge in [-0.05, 0) is 51.8 Å². The van der Waals surface area contributed by atoms with Gasteiger partial charge in [-0.2, -0.15) is 0 Å². The molecule has 0 unspecified atom stereocenters. The van der Waals surface area contributed by atoms with Crippen LogP contribution in [0.25, 0.3) is 6.08 Å². The molecule has 0 radical (unpaired) electrons. The van der Waals surface area contributed by atoms with Gasteiger partial charge in [0.1, 0.15) is 5.82 Å². The van der Waals surface area contributed by atoms with Crippen molar-refractivity contribution in [3.8, 4) is 0 Å². The average molecular weight is 336 g/mol. The minimum atomic E-state index is -0.572. The van der Waals surface area contributed by atoms with Gasteiger partial charge < -0.3 is 9.15 Å². The van der Waals surface area contributed by atoms with Crippen LogP contribution in [0.4, 0.5) is 4.39 Å². The summed E-state index contributed by atoms with van der Waals surface area (Å²) in [5.41, 5.74) is 0.795. The molecule has 1 aromatic carbocycles. The van der Waals surface area contributed by atoms with Crippen LogP contribution in [0.2, 0.25) is 0 Å². The zero-order chi connectivity index (χ0) is 14.1. The van der Waals surface area contributed by atoms with Crippen LogP contribution in [0.3, 0.4) is 0 Å². The van der Waals surface area contributed by atoms with Crippen LogP contribution in [0.5, 0.6) is 0 Å². The molecule has 4 nitrogen and oxygen atoms in total. The standard InChI is InChI=1S/C14H7BrFNO3/c15-12-6-5-11(19-12)13-17-10(14(18)20-13)7-8-1-3-9(16)4-2-8/h1-7H. The van der Waals surface area contributed by atoms with E-state index in [1.165, 1.54) is 18.2 Å². The van der Waals surface area contributed by atoms with Crippen molar-refractivity contribution in [1.82, 2.24) is 0 Å². The highest BCUT2D eigenvalue weighted by atomic mass is 79.9. The maximum atomic E-state index is 12.8. The number of carbonyl (C=O) groups excluding carboxylic acids is 1. The lowest BCUT2D eigenvalue weighted by molar-refractivity contribution is -0.130. The number of halogens is 2. The van der Waals surface area contributed by atoms with Crippen LogP contribution < -0.4 is 0 Å². The lowest BCUT2D eigenvalue weighted by Gasteiger charge is -1.93. The highest BCUT2D eigenvalue weighted by Gasteiger charge is 2.26. The first-order valence-corrected chi connectivity index (χ1v) is 6.45. The highest BCUT2D eigenvalue weighted by molar-refractivity contribution is 9.10. The molecule has 0 amide bonds. The zero-order valence-electron chi connectivity index (χ0n) is 9.97. The first kappa shape index (κ1) is 12.8. The second-order valence-corrected chi connectivity index (χ2v) is 4.77. The summed E-state index contributed by atoms with van der Waals surface area (Å²) in [6.07, 6.45) is 1.52. The summed E-state index contributed by atoms with van der Waals surface area (Å²) in [4.78, 5) is 15.8. The minimum absolute atomic E-state index is 0.106. The summed E-state index contributed by atoms with van der Waals surface area (Å²) < 4.78 is 23.6. The van der Waals surface area contributed by atoms with Crippen molar-refractivity contribution in [3.05, 3.63) is 63.9 Å². The third kappa shape index (κ3) is 2.55. The summed E-state index contributed by atoms with van der Waals surface area (Å²) in [5, 5.41) is 0. The van der Waals surface area contributed by atoms with Gasteiger partial charge >= 0.3 is 5.97 Å². The topological polar surface area (TPSA) is 51.8 Å². The first-order valence-electron chi connectivity index (χ1n) is 5.66. The Hall–Kier alpha value is -2.21. The predicted molar refractivity (Wildman–Crippen MR) is 73.4 cm³/mol. The fourth-order valence-electron chi connectivity index (χ4n) is 1.66. The number of nitrogens with zero attached hydrogens (tertiary/aromatic N) is 1. The Morgan fingerprint density at radius 1 is 1.15 bits per heavy atom. The number of benzene rings is 1. The van der Waals surface area contributed by atoms with Crippen LogP contribution in [-0.2, 0) is 9.53 Å². The molecule has 1 aliphatic rings. The monoisotopic (exact) mass is 335 g/mol. The molecule has 6 heteroatoms. The molecule has 0 N–H and O–H groups in total. The Kier molecular flexibility index (Phi) is 3.23. The van der Waals surface area contributed by atoms with Gasteiger partial charge in [0.2, 0.25) is 0 Å². The molecular weight excluding hydrogens is 329 g/mol. The number of ether oxygens (including phenoxy) is 1. The number of aliphatic imine (C=N–C) groups is 1. The summed E-state index contributed by atoms with van der Waals surface area (Å²) in [7, 11) is 0. The third-order valence-corrected chi connectivity index (χ3v) is 3.00. The van der Waals surface area contributed by atoms with Gasteiger partial charge in [0.05, 0.1) is 0 Å². The van der Waals surface area contributed by atoms with Gasteiger partial charge in [-0.25, -0.2) is 14.2 Å². The number of esters is 1. The number of hydrogen-bond donors (Lipinski definition) is 0. The molecule has 0 bridgehead atoms. The van der Waals surface area contributed by atoms with Crippen molar-refractivity contribution in [2.45, 2.75) is 0 Å². The second kappa shape index (κ2) is 5.05. The summed E-state index contributed by atoms with van der Waals surface area (Å²) >= 11 is 3.16. The Morgan fingerprint density at radius 3 is 2.55 bits per heavy atom. The number of rotatable bonds is 2. The minimum Gasteiger partial charge on any atom is -0.444 e. The normalized spacial score (nSPS) is 16.4. The quantitative estimate of drug-likeness (QED) is 0.623. The van der Waals surface area contributed by atoms with E-state index in [-0.39, 0.29) is 17.4 Å². The fourth-order valence-corrected chi connectivity index (χ4v) is 1.97. The van der Waals surface area contributed by atoms with Gasteiger partial charge in [0.15, 0.2) is 16.1 Å². The van der Waals surface area contributed by atoms with Crippen molar-refractivity contribution in [3.63, 3.8) is 0 Å². The SMILES string of the molecule is O=C1OC(c2ccc(Br)o2)=NC1=Cc1ccc(F)cc1. The summed E-state index contributed by atoms with van der Waals surface area (Å²) in [5.74, 6) is -0.454. The van der Waals surface area contributed by atoms with E-state index in [1.807, 2.05) is 0 Å². The Labute approximate surface area is 121 Å². The molecule has 0 atom stereocenters. The van der Waals surface area contributed by atoms with Gasteiger partial charge in [-0.3, -0.25) is 0 Å². The molecule has 0 aliphatic carbocycles.